The average molecular weight is 227 g/mol. The van der Waals surface area contributed by atoms with Crippen molar-refractivity contribution in [2.45, 2.75) is 6.54 Å². The quantitative estimate of drug-likeness (QED) is 0.423. The molecule has 0 bridgehead atoms. The normalized spacial score (nSPS) is 9.47. The van der Waals surface area contributed by atoms with Crippen LogP contribution in [0.25, 0.3) is 0 Å². The smallest absolute Gasteiger partial charge is 0.257 e. The van der Waals surface area contributed by atoms with Gasteiger partial charge in [-0.1, -0.05) is 12.2 Å². The molecule has 0 aromatic carbocycles. The van der Waals surface area contributed by atoms with Crippen molar-refractivity contribution in [2.24, 2.45) is 0 Å². The molecule has 0 spiro atoms. The Bertz CT molecular complexity index is 333. The van der Waals surface area contributed by atoms with E-state index >= 15 is 0 Å². The largest absolute Gasteiger partial charge is 0.491 e. The predicted octanol–water partition coefficient (Wildman–Crippen LogP) is 0.650. The lowest BCUT2D eigenvalue weighted by Gasteiger charge is -2.08. The van der Waals surface area contributed by atoms with E-state index in [4.69, 9.17) is 9.47 Å². The molecule has 1 aromatic heterocycles. The van der Waals surface area contributed by atoms with E-state index in [0.717, 1.165) is 5.69 Å². The average Bonchev–Trinajstić information content (AvgIpc) is 2.29. The molecule has 1 heterocycles. The molecule has 0 amide bonds. The molecule has 0 aliphatic carbocycles. The third kappa shape index (κ3) is 3.34. The van der Waals surface area contributed by atoms with Gasteiger partial charge in [0.05, 0.1) is 31.9 Å². The molecule has 1 aromatic rings. The van der Waals surface area contributed by atoms with Crippen LogP contribution >= 0.6 is 12.2 Å². The summed E-state index contributed by atoms with van der Waals surface area (Å²) < 4.78 is 10.1. The minimum atomic E-state index is 0.471. The van der Waals surface area contributed by atoms with Gasteiger partial charge in [0.2, 0.25) is 0 Å². The van der Waals surface area contributed by atoms with E-state index in [1.165, 1.54) is 5.49 Å². The SMILES string of the molecule is COc1ccc(CNNC=S)nc1OC. The van der Waals surface area contributed by atoms with Crippen molar-refractivity contribution in [3.8, 4) is 11.6 Å². The number of hydrogen-bond acceptors (Lipinski definition) is 5. The Morgan fingerprint density at radius 3 is 2.80 bits per heavy atom. The summed E-state index contributed by atoms with van der Waals surface area (Å²) in [7, 11) is 3.13. The monoisotopic (exact) mass is 227 g/mol. The summed E-state index contributed by atoms with van der Waals surface area (Å²) in [5, 5.41) is 0. The highest BCUT2D eigenvalue weighted by atomic mass is 32.1. The molecule has 0 fully saturated rings. The summed E-state index contributed by atoms with van der Waals surface area (Å²) in [6, 6.07) is 3.65. The summed E-state index contributed by atoms with van der Waals surface area (Å²) in [5.74, 6) is 1.09. The number of pyridine rings is 1. The van der Waals surface area contributed by atoms with Crippen molar-refractivity contribution in [2.75, 3.05) is 14.2 Å². The van der Waals surface area contributed by atoms with Crippen LogP contribution < -0.4 is 20.3 Å². The first kappa shape index (κ1) is 11.7. The predicted molar refractivity (Wildman–Crippen MR) is 61.0 cm³/mol. The van der Waals surface area contributed by atoms with Crippen molar-refractivity contribution in [3.63, 3.8) is 0 Å². The van der Waals surface area contributed by atoms with Gasteiger partial charge in [-0.25, -0.2) is 10.4 Å². The number of methoxy groups -OCH3 is 2. The zero-order valence-electron chi connectivity index (χ0n) is 8.61. The van der Waals surface area contributed by atoms with Crippen LogP contribution in [0.1, 0.15) is 5.69 Å². The zero-order valence-corrected chi connectivity index (χ0v) is 9.43. The van der Waals surface area contributed by atoms with Gasteiger partial charge < -0.3 is 14.9 Å². The van der Waals surface area contributed by atoms with E-state index in [9.17, 15) is 0 Å². The van der Waals surface area contributed by atoms with E-state index in [1.807, 2.05) is 6.07 Å². The zero-order chi connectivity index (χ0) is 11.1. The first-order valence-electron chi connectivity index (χ1n) is 4.31. The third-order valence-electron chi connectivity index (χ3n) is 1.73. The summed E-state index contributed by atoms with van der Waals surface area (Å²) in [6.07, 6.45) is 0. The summed E-state index contributed by atoms with van der Waals surface area (Å²) >= 11 is 4.59. The van der Waals surface area contributed by atoms with Crippen LogP contribution in [0.15, 0.2) is 12.1 Å². The number of nitrogens with one attached hydrogen (secondary N) is 2. The number of aromatic nitrogens is 1. The summed E-state index contributed by atoms with van der Waals surface area (Å²) in [4.78, 5) is 4.24. The Kier molecular flexibility index (Phi) is 4.79. The van der Waals surface area contributed by atoms with Gasteiger partial charge in [-0.15, -0.1) is 0 Å². The maximum atomic E-state index is 5.07. The fourth-order valence-corrected chi connectivity index (χ4v) is 1.13. The Morgan fingerprint density at radius 1 is 1.40 bits per heavy atom. The van der Waals surface area contributed by atoms with Gasteiger partial charge in [0, 0.05) is 0 Å². The molecule has 0 saturated carbocycles. The van der Waals surface area contributed by atoms with Gasteiger partial charge in [-0.2, -0.15) is 0 Å². The summed E-state index contributed by atoms with van der Waals surface area (Å²) in [6.45, 7) is 0.549. The molecule has 15 heavy (non-hydrogen) atoms. The molecular weight excluding hydrogens is 214 g/mol. The van der Waals surface area contributed by atoms with Gasteiger partial charge in [-0.05, 0) is 12.1 Å². The molecule has 1 rings (SSSR count). The lowest BCUT2D eigenvalue weighted by molar-refractivity contribution is 0.341. The molecule has 6 heteroatoms. The summed E-state index contributed by atoms with van der Waals surface area (Å²) in [5.41, 5.74) is 7.78. The van der Waals surface area contributed by atoms with Crippen LogP contribution in [0, 0.1) is 0 Å². The Labute approximate surface area is 93.8 Å². The van der Waals surface area contributed by atoms with Crippen LogP contribution in [0.5, 0.6) is 11.6 Å². The molecule has 0 atom stereocenters. The van der Waals surface area contributed by atoms with Crippen LogP contribution in [-0.2, 0) is 6.54 Å². The highest BCUT2D eigenvalue weighted by Gasteiger charge is 2.05. The number of ether oxygens (including phenoxy) is 2. The fraction of sp³-hybridized carbons (Fsp3) is 0.333. The number of thiocarbonyl (C=S) groups is 1. The van der Waals surface area contributed by atoms with Crippen molar-refractivity contribution in [3.05, 3.63) is 17.8 Å². The molecule has 0 unspecified atom stereocenters. The Balaban J connectivity index is 2.69. The van der Waals surface area contributed by atoms with Crippen molar-refractivity contribution in [1.82, 2.24) is 15.8 Å². The third-order valence-corrected chi connectivity index (χ3v) is 1.84. The molecule has 5 nitrogen and oxygen atoms in total. The lowest BCUT2D eigenvalue weighted by atomic mass is 10.3. The van der Waals surface area contributed by atoms with Crippen molar-refractivity contribution < 1.29 is 9.47 Å². The van der Waals surface area contributed by atoms with E-state index in [2.05, 4.69) is 28.1 Å². The second kappa shape index (κ2) is 6.15. The maximum absolute atomic E-state index is 5.07. The highest BCUT2D eigenvalue weighted by Crippen LogP contribution is 2.23. The molecular formula is C9H13N3O2S. The minimum Gasteiger partial charge on any atom is -0.491 e. The number of nitrogens with zero attached hydrogens (tertiary/aromatic N) is 1. The topological polar surface area (TPSA) is 55.4 Å². The van der Waals surface area contributed by atoms with Crippen molar-refractivity contribution in [1.29, 1.82) is 0 Å². The number of rotatable bonds is 6. The van der Waals surface area contributed by atoms with Crippen LogP contribution in [-0.4, -0.2) is 24.7 Å². The van der Waals surface area contributed by atoms with Crippen LogP contribution in [0.3, 0.4) is 0 Å². The van der Waals surface area contributed by atoms with Gasteiger partial charge in [0.25, 0.3) is 5.88 Å². The van der Waals surface area contributed by atoms with E-state index in [1.54, 1.807) is 20.3 Å². The van der Waals surface area contributed by atoms with Gasteiger partial charge in [0.1, 0.15) is 0 Å². The lowest BCUT2D eigenvalue weighted by Crippen LogP contribution is -2.29. The number of hydrogen-bond donors (Lipinski definition) is 2. The van der Waals surface area contributed by atoms with Crippen LogP contribution in [0.4, 0.5) is 0 Å². The molecule has 2 N–H and O–H groups in total. The van der Waals surface area contributed by atoms with Crippen molar-refractivity contribution >= 4 is 17.7 Å². The fourth-order valence-electron chi connectivity index (χ4n) is 1.05. The molecule has 0 saturated heterocycles. The van der Waals surface area contributed by atoms with Gasteiger partial charge in [-0.3, -0.25) is 0 Å². The molecule has 0 aliphatic rings. The first-order chi connectivity index (χ1) is 7.31. The van der Waals surface area contributed by atoms with Gasteiger partial charge >= 0.3 is 0 Å². The number of hydrazine groups is 1. The maximum Gasteiger partial charge on any atom is 0.257 e. The Morgan fingerprint density at radius 2 is 2.20 bits per heavy atom. The second-order valence-electron chi connectivity index (χ2n) is 2.63. The van der Waals surface area contributed by atoms with Crippen LogP contribution in [0.2, 0.25) is 0 Å². The minimum absolute atomic E-state index is 0.471. The van der Waals surface area contributed by atoms with Gasteiger partial charge in [0.15, 0.2) is 5.75 Å². The standard InChI is InChI=1S/C9H13N3O2S/c1-13-8-4-3-7(5-10-11-6-15)12-9(8)14-2/h3-4,6,10H,5H2,1-2H3,(H,11,15). The van der Waals surface area contributed by atoms with E-state index in [-0.39, 0.29) is 0 Å². The highest BCUT2D eigenvalue weighted by molar-refractivity contribution is 7.78. The molecule has 0 aliphatic heterocycles. The second-order valence-corrected chi connectivity index (χ2v) is 2.87. The molecule has 82 valence electrons. The van der Waals surface area contributed by atoms with E-state index in [0.29, 0.717) is 18.2 Å². The van der Waals surface area contributed by atoms with E-state index < -0.39 is 0 Å². The first-order valence-corrected chi connectivity index (χ1v) is 4.79. The Hall–Kier alpha value is -1.40. The molecule has 0 radical (unpaired) electrons.